The van der Waals surface area contributed by atoms with Crippen LogP contribution in [0.25, 0.3) is 22.6 Å². The molecule has 166 valence electrons. The fourth-order valence-electron chi connectivity index (χ4n) is 3.30. The highest BCUT2D eigenvalue weighted by atomic mass is 31.2. The van der Waals surface area contributed by atoms with E-state index >= 15 is 0 Å². The summed E-state index contributed by atoms with van der Waals surface area (Å²) in [6.45, 7) is 3.94. The van der Waals surface area contributed by atoms with E-state index in [9.17, 15) is 8.96 Å². The van der Waals surface area contributed by atoms with Crippen LogP contribution in [-0.2, 0) is 20.2 Å². The van der Waals surface area contributed by atoms with Crippen molar-refractivity contribution in [2.24, 2.45) is 0 Å². The number of anilines is 1. The number of aromatic nitrogens is 5. The summed E-state index contributed by atoms with van der Waals surface area (Å²) in [4.78, 5) is 13.0. The number of hydrogen-bond acceptors (Lipinski definition) is 8. The third-order valence-corrected chi connectivity index (χ3v) is 6.82. The Labute approximate surface area is 184 Å². The predicted octanol–water partition coefficient (Wildman–Crippen LogP) is 3.55. The van der Waals surface area contributed by atoms with Crippen molar-refractivity contribution in [3.8, 4) is 11.5 Å². The minimum atomic E-state index is -3.64. The summed E-state index contributed by atoms with van der Waals surface area (Å²) in [6, 6.07) is 10.1. The van der Waals surface area contributed by atoms with Gasteiger partial charge in [0.2, 0.25) is 0 Å². The van der Waals surface area contributed by atoms with Crippen LogP contribution in [0.1, 0.15) is 19.4 Å². The third-order valence-electron chi connectivity index (χ3n) is 4.69. The Balaban J connectivity index is 1.78. The topological polar surface area (TPSA) is 118 Å². The van der Waals surface area contributed by atoms with Crippen molar-refractivity contribution < 1.29 is 18.0 Å². The Kier molecular flexibility index (Phi) is 6.27. The maximum absolute atomic E-state index is 14.2. The predicted molar refractivity (Wildman–Crippen MR) is 119 cm³/mol. The second kappa shape index (κ2) is 9.12. The number of pyridine rings is 1. The van der Waals surface area contributed by atoms with Crippen LogP contribution in [0, 0.1) is 5.82 Å². The number of nitrogen functional groups attached to an aromatic ring is 1. The van der Waals surface area contributed by atoms with Crippen molar-refractivity contribution in [3.05, 3.63) is 60.2 Å². The summed E-state index contributed by atoms with van der Waals surface area (Å²) >= 11 is 0. The van der Waals surface area contributed by atoms with Gasteiger partial charge in [0.1, 0.15) is 22.6 Å². The van der Waals surface area contributed by atoms with Crippen LogP contribution < -0.4 is 11.0 Å². The first-order valence-corrected chi connectivity index (χ1v) is 11.6. The van der Waals surface area contributed by atoms with Crippen LogP contribution in [0.5, 0.6) is 0 Å². The molecule has 9 nitrogen and oxygen atoms in total. The van der Waals surface area contributed by atoms with Gasteiger partial charge in [-0.05, 0) is 32.0 Å². The zero-order valence-electron chi connectivity index (χ0n) is 17.6. The Bertz CT molecular complexity index is 1300. The van der Waals surface area contributed by atoms with E-state index in [0.717, 1.165) is 0 Å². The number of hydrogen-bond donors (Lipinski definition) is 1. The van der Waals surface area contributed by atoms with E-state index in [4.69, 9.17) is 14.8 Å². The van der Waals surface area contributed by atoms with Crippen molar-refractivity contribution in [3.63, 3.8) is 0 Å². The van der Waals surface area contributed by atoms with Gasteiger partial charge < -0.3 is 14.8 Å². The first-order valence-electron chi connectivity index (χ1n) is 10.0. The highest BCUT2D eigenvalue weighted by Gasteiger charge is 2.31. The normalized spacial score (nSPS) is 11.8. The molecule has 2 N–H and O–H groups in total. The Morgan fingerprint density at radius 2 is 1.84 bits per heavy atom. The van der Waals surface area contributed by atoms with Crippen molar-refractivity contribution >= 4 is 29.8 Å². The molecule has 0 unspecified atom stereocenters. The molecule has 3 heterocycles. The molecule has 0 saturated heterocycles. The maximum atomic E-state index is 14.2. The lowest BCUT2D eigenvalue weighted by Gasteiger charge is -2.17. The van der Waals surface area contributed by atoms with Gasteiger partial charge in [-0.25, -0.2) is 24.0 Å². The molecule has 0 aliphatic rings. The van der Waals surface area contributed by atoms with Gasteiger partial charge in [0, 0.05) is 18.0 Å². The quantitative estimate of drug-likeness (QED) is 0.400. The number of nitrogens with two attached hydrogens (primary N) is 1. The molecule has 32 heavy (non-hydrogen) atoms. The standard InChI is InChI=1S/C21H22FN6O3P/c1-3-30-32(29,31-4-2)17-12-25-20(26-19(17)23)18-15-9-7-11-24-21(15)28(27-18)13-14-8-5-6-10-16(14)22/h5-12H,3-4,13H2,1-2H3,(H2,23,25,26). The molecule has 0 aliphatic heterocycles. The minimum Gasteiger partial charge on any atom is -0.383 e. The Hall–Kier alpha value is -3.20. The molecule has 0 fully saturated rings. The second-order valence-corrected chi connectivity index (χ2v) is 8.76. The molecule has 4 aromatic rings. The van der Waals surface area contributed by atoms with Gasteiger partial charge in [-0.15, -0.1) is 0 Å². The maximum Gasteiger partial charge on any atom is 0.366 e. The molecule has 1 aromatic carbocycles. The van der Waals surface area contributed by atoms with E-state index in [1.165, 1.54) is 12.3 Å². The number of rotatable bonds is 8. The molecule has 0 bridgehead atoms. The van der Waals surface area contributed by atoms with Gasteiger partial charge in [-0.1, -0.05) is 18.2 Å². The monoisotopic (exact) mass is 456 g/mol. The minimum absolute atomic E-state index is 0.0269. The van der Waals surface area contributed by atoms with E-state index in [-0.39, 0.29) is 42.5 Å². The fourth-order valence-corrected chi connectivity index (χ4v) is 4.87. The second-order valence-electron chi connectivity index (χ2n) is 6.77. The van der Waals surface area contributed by atoms with Gasteiger partial charge in [0.05, 0.1) is 25.1 Å². The van der Waals surface area contributed by atoms with Gasteiger partial charge >= 0.3 is 7.60 Å². The van der Waals surface area contributed by atoms with Gasteiger partial charge in [0.15, 0.2) is 11.5 Å². The first kappa shape index (κ1) is 22.0. The van der Waals surface area contributed by atoms with Crippen molar-refractivity contribution in [1.82, 2.24) is 24.7 Å². The summed E-state index contributed by atoms with van der Waals surface area (Å²) in [6.07, 6.45) is 2.96. The van der Waals surface area contributed by atoms with Crippen LogP contribution in [0.3, 0.4) is 0 Å². The number of fused-ring (bicyclic) bond motifs is 1. The van der Waals surface area contributed by atoms with Crippen molar-refractivity contribution in [2.75, 3.05) is 18.9 Å². The zero-order valence-corrected chi connectivity index (χ0v) is 18.5. The number of nitrogens with zero attached hydrogens (tertiary/aromatic N) is 5. The first-order chi connectivity index (χ1) is 15.5. The molecule has 11 heteroatoms. The average molecular weight is 456 g/mol. The SMILES string of the molecule is CCOP(=O)(OCC)c1cnc(-c2nn(Cc3ccccc3F)c3ncccc23)nc1N. The molecular weight excluding hydrogens is 434 g/mol. The van der Waals surface area contributed by atoms with Crippen molar-refractivity contribution in [1.29, 1.82) is 0 Å². The largest absolute Gasteiger partial charge is 0.383 e. The van der Waals surface area contributed by atoms with Crippen LogP contribution >= 0.6 is 7.60 Å². The van der Waals surface area contributed by atoms with Crippen LogP contribution in [-0.4, -0.2) is 37.9 Å². The zero-order chi connectivity index (χ0) is 22.7. The summed E-state index contributed by atoms with van der Waals surface area (Å²) in [7, 11) is -3.64. The smallest absolute Gasteiger partial charge is 0.366 e. The molecule has 0 atom stereocenters. The summed E-state index contributed by atoms with van der Waals surface area (Å²) in [5, 5.41) is 5.35. The van der Waals surface area contributed by atoms with E-state index in [1.807, 2.05) is 6.07 Å². The average Bonchev–Trinajstić information content (AvgIpc) is 3.14. The molecule has 3 aromatic heterocycles. The van der Waals surface area contributed by atoms with Gasteiger partial charge in [-0.2, -0.15) is 5.10 Å². The lowest BCUT2D eigenvalue weighted by molar-refractivity contribution is 0.230. The molecule has 0 spiro atoms. The van der Waals surface area contributed by atoms with E-state index in [1.54, 1.807) is 49.0 Å². The summed E-state index contributed by atoms with van der Waals surface area (Å²) in [5.74, 6) is -0.141. The third kappa shape index (κ3) is 4.12. The van der Waals surface area contributed by atoms with Gasteiger partial charge in [0.25, 0.3) is 0 Å². The van der Waals surface area contributed by atoms with Crippen LogP contribution in [0.15, 0.2) is 48.8 Å². The van der Waals surface area contributed by atoms with E-state index in [0.29, 0.717) is 22.3 Å². The van der Waals surface area contributed by atoms with Crippen molar-refractivity contribution in [2.45, 2.75) is 20.4 Å². The number of benzene rings is 1. The lowest BCUT2D eigenvalue weighted by atomic mass is 10.2. The summed E-state index contributed by atoms with van der Waals surface area (Å²) < 4.78 is 39.5. The molecule has 0 radical (unpaired) electrons. The molecule has 4 rings (SSSR count). The van der Waals surface area contributed by atoms with E-state index < -0.39 is 7.60 Å². The highest BCUT2D eigenvalue weighted by Crippen LogP contribution is 2.48. The summed E-state index contributed by atoms with van der Waals surface area (Å²) in [5.41, 5.74) is 7.56. The highest BCUT2D eigenvalue weighted by molar-refractivity contribution is 7.62. The van der Waals surface area contributed by atoms with Crippen LogP contribution in [0.4, 0.5) is 10.2 Å². The lowest BCUT2D eigenvalue weighted by Crippen LogP contribution is -2.18. The van der Waals surface area contributed by atoms with E-state index in [2.05, 4.69) is 20.1 Å². The molecule has 0 amide bonds. The molecule has 0 aliphatic carbocycles. The number of halogens is 1. The Morgan fingerprint density at radius 1 is 1.09 bits per heavy atom. The molecule has 0 saturated carbocycles. The van der Waals surface area contributed by atoms with Crippen LogP contribution in [0.2, 0.25) is 0 Å². The molecular formula is C21H22FN6O3P. The fraction of sp³-hybridized carbons (Fsp3) is 0.238. The Morgan fingerprint density at radius 3 is 2.53 bits per heavy atom. The van der Waals surface area contributed by atoms with Gasteiger partial charge in [-0.3, -0.25) is 4.57 Å².